The smallest absolute Gasteiger partial charge is 0.0928 e. The predicted octanol–water partition coefficient (Wildman–Crippen LogP) is 6.90. The van der Waals surface area contributed by atoms with E-state index in [9.17, 15) is 0 Å². The van der Waals surface area contributed by atoms with Gasteiger partial charge < -0.3 is 0 Å². The Kier molecular flexibility index (Phi) is 4.82. The molecule has 1 aromatic heterocycles. The molecular formula is C15H15Br2ClS. The molecule has 1 unspecified atom stereocenters. The molecule has 2 rings (SSSR count). The molecule has 1 atom stereocenters. The lowest BCUT2D eigenvalue weighted by Crippen LogP contribution is -2.10. The summed E-state index contributed by atoms with van der Waals surface area (Å²) in [6.07, 6.45) is 0. The zero-order chi connectivity index (χ0) is 14.2. The summed E-state index contributed by atoms with van der Waals surface area (Å²) in [5.74, 6) is 0. The molecule has 0 fully saturated rings. The molecule has 1 heterocycles. The van der Waals surface area contributed by atoms with E-state index in [1.54, 1.807) is 11.3 Å². The molecule has 102 valence electrons. The third kappa shape index (κ3) is 3.63. The zero-order valence-electron chi connectivity index (χ0n) is 11.0. The van der Waals surface area contributed by atoms with Gasteiger partial charge in [0.15, 0.2) is 0 Å². The first-order valence-corrected chi connectivity index (χ1v) is 8.82. The first kappa shape index (κ1) is 15.6. The molecule has 0 aliphatic rings. The third-order valence-corrected chi connectivity index (χ3v) is 6.92. The van der Waals surface area contributed by atoms with Crippen molar-refractivity contribution in [3.05, 3.63) is 54.6 Å². The van der Waals surface area contributed by atoms with Gasteiger partial charge in [0, 0.05) is 9.35 Å². The second kappa shape index (κ2) is 5.88. The van der Waals surface area contributed by atoms with Crippen molar-refractivity contribution >= 4 is 54.8 Å². The molecule has 0 N–H and O–H groups in total. The van der Waals surface area contributed by atoms with Gasteiger partial charge >= 0.3 is 0 Å². The Hall–Kier alpha value is 0.170. The number of thiophene rings is 1. The molecule has 19 heavy (non-hydrogen) atoms. The van der Waals surface area contributed by atoms with Crippen LogP contribution in [0.4, 0.5) is 0 Å². The summed E-state index contributed by atoms with van der Waals surface area (Å²) in [7, 11) is 0. The van der Waals surface area contributed by atoms with Gasteiger partial charge in [-0.1, -0.05) is 45.0 Å². The fourth-order valence-electron chi connectivity index (χ4n) is 1.80. The Morgan fingerprint density at radius 2 is 1.68 bits per heavy atom. The van der Waals surface area contributed by atoms with Gasteiger partial charge in [0.05, 0.1) is 9.16 Å². The molecule has 2 aromatic rings. The summed E-state index contributed by atoms with van der Waals surface area (Å²) >= 11 is 15.2. The van der Waals surface area contributed by atoms with Crippen molar-refractivity contribution < 1.29 is 0 Å². The molecule has 0 radical (unpaired) electrons. The highest BCUT2D eigenvalue weighted by molar-refractivity contribution is 9.13. The van der Waals surface area contributed by atoms with E-state index in [1.807, 2.05) is 0 Å². The van der Waals surface area contributed by atoms with Gasteiger partial charge in [0.25, 0.3) is 0 Å². The van der Waals surface area contributed by atoms with E-state index in [-0.39, 0.29) is 10.8 Å². The Balaban J connectivity index is 2.27. The summed E-state index contributed by atoms with van der Waals surface area (Å²) in [6, 6.07) is 10.7. The van der Waals surface area contributed by atoms with Crippen LogP contribution >= 0.6 is 54.8 Å². The van der Waals surface area contributed by atoms with E-state index < -0.39 is 0 Å². The maximum Gasteiger partial charge on any atom is 0.0928 e. The molecule has 0 saturated heterocycles. The first-order chi connectivity index (χ1) is 8.79. The Morgan fingerprint density at radius 1 is 1.11 bits per heavy atom. The average Bonchev–Trinajstić information content (AvgIpc) is 2.68. The minimum absolute atomic E-state index is 0.0957. The monoisotopic (exact) mass is 420 g/mol. The number of rotatable bonds is 2. The third-order valence-electron chi connectivity index (χ3n) is 2.98. The summed E-state index contributed by atoms with van der Waals surface area (Å²) < 4.78 is 2.14. The molecule has 0 saturated carbocycles. The van der Waals surface area contributed by atoms with E-state index in [4.69, 9.17) is 11.6 Å². The van der Waals surface area contributed by atoms with Crippen molar-refractivity contribution in [2.75, 3.05) is 0 Å². The van der Waals surface area contributed by atoms with Crippen LogP contribution in [0.1, 0.15) is 42.2 Å². The second-order valence-electron chi connectivity index (χ2n) is 5.50. The fraction of sp³-hybridized carbons (Fsp3) is 0.333. The highest BCUT2D eigenvalue weighted by Gasteiger charge is 2.17. The lowest BCUT2D eigenvalue weighted by Gasteiger charge is -2.19. The predicted molar refractivity (Wildman–Crippen MR) is 92.6 cm³/mol. The molecule has 0 bridgehead atoms. The standard InChI is InChI=1S/C15H15Br2ClS/c1-15(2,3)10-6-4-9(5-7-10)13(18)12-8-11(16)14(17)19-12/h4-8,13H,1-3H3. The Labute approximate surface area is 140 Å². The fourth-order valence-corrected chi connectivity index (χ4v) is 4.24. The van der Waals surface area contributed by atoms with Crippen LogP contribution in [0, 0.1) is 0 Å². The van der Waals surface area contributed by atoms with E-state index in [0.29, 0.717) is 0 Å². The molecule has 0 aliphatic heterocycles. The lowest BCUT2D eigenvalue weighted by molar-refractivity contribution is 0.590. The van der Waals surface area contributed by atoms with Crippen LogP contribution in [0.15, 0.2) is 38.6 Å². The van der Waals surface area contributed by atoms with E-state index in [0.717, 1.165) is 18.7 Å². The number of hydrogen-bond acceptors (Lipinski definition) is 1. The van der Waals surface area contributed by atoms with E-state index in [1.165, 1.54) is 5.56 Å². The topological polar surface area (TPSA) is 0 Å². The van der Waals surface area contributed by atoms with Crippen molar-refractivity contribution in [2.45, 2.75) is 31.6 Å². The van der Waals surface area contributed by atoms with Gasteiger partial charge in [-0.05, 0) is 54.5 Å². The van der Waals surface area contributed by atoms with Crippen LogP contribution in [-0.4, -0.2) is 0 Å². The number of alkyl halides is 1. The molecule has 1 aromatic carbocycles. The SMILES string of the molecule is CC(C)(C)c1ccc(C(Cl)c2cc(Br)c(Br)s2)cc1. The molecule has 0 aliphatic carbocycles. The van der Waals surface area contributed by atoms with Crippen molar-refractivity contribution in [3.63, 3.8) is 0 Å². The van der Waals surface area contributed by atoms with Crippen LogP contribution < -0.4 is 0 Å². The maximum absolute atomic E-state index is 6.55. The summed E-state index contributed by atoms with van der Waals surface area (Å²) in [5, 5.41) is -0.0957. The second-order valence-corrected chi connectivity index (χ2v) is 9.20. The largest absolute Gasteiger partial charge is 0.130 e. The van der Waals surface area contributed by atoms with Gasteiger partial charge in [0.2, 0.25) is 0 Å². The summed E-state index contributed by atoms with van der Waals surface area (Å²) in [5.41, 5.74) is 2.64. The van der Waals surface area contributed by atoms with Crippen molar-refractivity contribution in [3.8, 4) is 0 Å². The molecule has 0 amide bonds. The van der Waals surface area contributed by atoms with Crippen LogP contribution in [0.5, 0.6) is 0 Å². The van der Waals surface area contributed by atoms with Crippen molar-refractivity contribution in [1.82, 2.24) is 0 Å². The van der Waals surface area contributed by atoms with Gasteiger partial charge in [0.1, 0.15) is 0 Å². The highest BCUT2D eigenvalue weighted by atomic mass is 79.9. The maximum atomic E-state index is 6.55. The number of hydrogen-bond donors (Lipinski definition) is 0. The molecular weight excluding hydrogens is 407 g/mol. The highest BCUT2D eigenvalue weighted by Crippen LogP contribution is 2.40. The van der Waals surface area contributed by atoms with Crippen molar-refractivity contribution in [1.29, 1.82) is 0 Å². The van der Waals surface area contributed by atoms with Crippen LogP contribution in [0.3, 0.4) is 0 Å². The summed E-state index contributed by atoms with van der Waals surface area (Å²) in [4.78, 5) is 1.14. The number of halogens is 3. The first-order valence-electron chi connectivity index (χ1n) is 5.98. The lowest BCUT2D eigenvalue weighted by atomic mass is 9.86. The Bertz CT molecular complexity index is 547. The van der Waals surface area contributed by atoms with Crippen LogP contribution in [0.2, 0.25) is 0 Å². The number of benzene rings is 1. The van der Waals surface area contributed by atoms with Gasteiger partial charge in [-0.2, -0.15) is 0 Å². The van der Waals surface area contributed by atoms with Gasteiger partial charge in [-0.15, -0.1) is 22.9 Å². The quantitative estimate of drug-likeness (QED) is 0.462. The van der Waals surface area contributed by atoms with E-state index in [2.05, 4.69) is 83.0 Å². The van der Waals surface area contributed by atoms with Crippen LogP contribution in [0.25, 0.3) is 0 Å². The van der Waals surface area contributed by atoms with Gasteiger partial charge in [-0.25, -0.2) is 0 Å². The Morgan fingerprint density at radius 3 is 2.11 bits per heavy atom. The molecule has 0 nitrogen and oxygen atoms in total. The minimum Gasteiger partial charge on any atom is -0.130 e. The zero-order valence-corrected chi connectivity index (χ0v) is 15.8. The van der Waals surface area contributed by atoms with Crippen molar-refractivity contribution in [2.24, 2.45) is 0 Å². The average molecular weight is 423 g/mol. The normalized spacial score (nSPS) is 13.6. The molecule has 4 heteroatoms. The minimum atomic E-state index is -0.0957. The van der Waals surface area contributed by atoms with Crippen LogP contribution in [-0.2, 0) is 5.41 Å². The van der Waals surface area contributed by atoms with Gasteiger partial charge in [-0.3, -0.25) is 0 Å². The summed E-state index contributed by atoms with van der Waals surface area (Å²) in [6.45, 7) is 6.65. The molecule has 0 spiro atoms. The van der Waals surface area contributed by atoms with E-state index >= 15 is 0 Å².